The van der Waals surface area contributed by atoms with Crippen molar-refractivity contribution in [3.8, 4) is 11.4 Å². The highest BCUT2D eigenvalue weighted by atomic mass is 16.5. The number of rotatable bonds is 6. The van der Waals surface area contributed by atoms with Crippen molar-refractivity contribution in [2.45, 2.75) is 20.0 Å². The van der Waals surface area contributed by atoms with Gasteiger partial charge >= 0.3 is 6.03 Å². The largest absolute Gasteiger partial charge is 0.378 e. The van der Waals surface area contributed by atoms with Crippen LogP contribution >= 0.6 is 0 Å². The molecular formula is C23H31N7O2. The number of hydrogen-bond acceptors (Lipinski definition) is 6. The summed E-state index contributed by atoms with van der Waals surface area (Å²) in [5, 5.41) is 6.45. The summed E-state index contributed by atoms with van der Waals surface area (Å²) in [4.78, 5) is 26.1. The summed E-state index contributed by atoms with van der Waals surface area (Å²) in [5.74, 6) is 1.64. The molecule has 170 valence electrons. The van der Waals surface area contributed by atoms with Gasteiger partial charge in [0, 0.05) is 50.7 Å². The van der Waals surface area contributed by atoms with E-state index in [1.807, 2.05) is 24.3 Å². The zero-order valence-electron chi connectivity index (χ0n) is 19.2. The molecule has 9 heteroatoms. The maximum Gasteiger partial charge on any atom is 0.318 e. The molecule has 3 aromatic rings. The smallest absolute Gasteiger partial charge is 0.318 e. The van der Waals surface area contributed by atoms with E-state index in [0.717, 1.165) is 48.6 Å². The number of fused-ring (bicyclic) bond motifs is 1. The molecule has 4 rings (SSSR count). The second kappa shape index (κ2) is 9.54. The summed E-state index contributed by atoms with van der Waals surface area (Å²) in [6.45, 7) is 6.78. The molecule has 0 bridgehead atoms. The fourth-order valence-electron chi connectivity index (χ4n) is 3.98. The standard InChI is InChI=1S/C23H31N7O2/c1-5-29-15-17(14-28(3)4)19-21(29)26-20(27-22(19)30-10-12-32-13-11-30)16-6-8-18(9-7-16)25-23(31)24-2/h6-9,15H,5,10-14H2,1-4H3,(H2,24,25,31). The van der Waals surface area contributed by atoms with Crippen molar-refractivity contribution in [1.29, 1.82) is 0 Å². The lowest BCUT2D eigenvalue weighted by Gasteiger charge is -2.29. The van der Waals surface area contributed by atoms with E-state index >= 15 is 0 Å². The normalized spacial score (nSPS) is 14.2. The average Bonchev–Trinajstić information content (AvgIpc) is 3.16. The molecule has 1 aromatic carbocycles. The van der Waals surface area contributed by atoms with Gasteiger partial charge in [0.2, 0.25) is 0 Å². The van der Waals surface area contributed by atoms with Gasteiger partial charge in [-0.2, -0.15) is 0 Å². The van der Waals surface area contributed by atoms with Gasteiger partial charge in [-0.1, -0.05) is 0 Å². The monoisotopic (exact) mass is 437 g/mol. The van der Waals surface area contributed by atoms with Crippen molar-refractivity contribution < 1.29 is 9.53 Å². The Balaban J connectivity index is 1.82. The molecule has 1 fully saturated rings. The summed E-state index contributed by atoms with van der Waals surface area (Å²) in [6, 6.07) is 7.36. The average molecular weight is 438 g/mol. The molecule has 0 atom stereocenters. The van der Waals surface area contributed by atoms with Crippen LogP contribution < -0.4 is 15.5 Å². The van der Waals surface area contributed by atoms with Crippen LogP contribution in [-0.4, -0.2) is 72.9 Å². The predicted molar refractivity (Wildman–Crippen MR) is 127 cm³/mol. The van der Waals surface area contributed by atoms with Crippen molar-refractivity contribution in [2.24, 2.45) is 0 Å². The molecule has 0 saturated carbocycles. The third kappa shape index (κ3) is 4.53. The topological polar surface area (TPSA) is 87.5 Å². The fourth-order valence-corrected chi connectivity index (χ4v) is 3.98. The molecule has 0 spiro atoms. The molecule has 3 heterocycles. The van der Waals surface area contributed by atoms with Crippen molar-refractivity contribution in [3.63, 3.8) is 0 Å². The quantitative estimate of drug-likeness (QED) is 0.617. The second-order valence-corrected chi connectivity index (χ2v) is 8.13. The number of anilines is 2. The van der Waals surface area contributed by atoms with Crippen LogP contribution in [0.2, 0.25) is 0 Å². The number of aryl methyl sites for hydroxylation is 1. The molecule has 0 unspecified atom stereocenters. The zero-order chi connectivity index (χ0) is 22.7. The number of hydrogen-bond donors (Lipinski definition) is 2. The number of urea groups is 1. The van der Waals surface area contributed by atoms with Crippen molar-refractivity contribution in [3.05, 3.63) is 36.0 Å². The number of nitrogens with one attached hydrogen (secondary N) is 2. The molecule has 2 aromatic heterocycles. The van der Waals surface area contributed by atoms with Crippen LogP contribution in [0.4, 0.5) is 16.3 Å². The number of benzene rings is 1. The van der Waals surface area contributed by atoms with E-state index in [0.29, 0.717) is 24.7 Å². The summed E-state index contributed by atoms with van der Waals surface area (Å²) in [5.41, 5.74) is 3.79. The molecule has 1 saturated heterocycles. The van der Waals surface area contributed by atoms with E-state index in [9.17, 15) is 4.79 Å². The van der Waals surface area contributed by atoms with Gasteiger partial charge in [0.25, 0.3) is 0 Å². The lowest BCUT2D eigenvalue weighted by atomic mass is 10.1. The molecule has 2 amide bonds. The van der Waals surface area contributed by atoms with Crippen LogP contribution in [0.25, 0.3) is 22.4 Å². The minimum Gasteiger partial charge on any atom is -0.378 e. The summed E-state index contributed by atoms with van der Waals surface area (Å²) in [6.07, 6.45) is 2.20. The first kappa shape index (κ1) is 22.0. The predicted octanol–water partition coefficient (Wildman–Crippen LogP) is 2.77. The van der Waals surface area contributed by atoms with Crippen LogP contribution in [0.15, 0.2) is 30.5 Å². The first-order valence-electron chi connectivity index (χ1n) is 11.0. The van der Waals surface area contributed by atoms with Crippen LogP contribution in [0.1, 0.15) is 12.5 Å². The second-order valence-electron chi connectivity index (χ2n) is 8.13. The maximum absolute atomic E-state index is 11.6. The maximum atomic E-state index is 11.6. The molecule has 9 nitrogen and oxygen atoms in total. The highest BCUT2D eigenvalue weighted by Crippen LogP contribution is 2.33. The molecule has 1 aliphatic heterocycles. The number of ether oxygens (including phenoxy) is 1. The van der Waals surface area contributed by atoms with Crippen molar-refractivity contribution in [1.82, 2.24) is 24.8 Å². The number of carbonyl (C=O) groups excluding carboxylic acids is 1. The molecule has 2 N–H and O–H groups in total. The summed E-state index contributed by atoms with van der Waals surface area (Å²) in [7, 11) is 5.74. The van der Waals surface area contributed by atoms with Gasteiger partial charge in [-0.05, 0) is 50.8 Å². The molecule has 32 heavy (non-hydrogen) atoms. The van der Waals surface area contributed by atoms with Crippen LogP contribution in [0, 0.1) is 0 Å². The number of carbonyl (C=O) groups is 1. The van der Waals surface area contributed by atoms with E-state index in [2.05, 4.69) is 52.2 Å². The third-order valence-corrected chi connectivity index (χ3v) is 5.54. The Kier molecular flexibility index (Phi) is 6.57. The van der Waals surface area contributed by atoms with Gasteiger partial charge in [0.1, 0.15) is 11.5 Å². The van der Waals surface area contributed by atoms with E-state index in [1.54, 1.807) is 7.05 Å². The van der Waals surface area contributed by atoms with Gasteiger partial charge in [-0.15, -0.1) is 0 Å². The van der Waals surface area contributed by atoms with E-state index in [-0.39, 0.29) is 6.03 Å². The first-order valence-corrected chi connectivity index (χ1v) is 11.0. The van der Waals surface area contributed by atoms with Gasteiger partial charge in [-0.25, -0.2) is 14.8 Å². The van der Waals surface area contributed by atoms with Gasteiger partial charge in [0.15, 0.2) is 5.82 Å². The van der Waals surface area contributed by atoms with Gasteiger partial charge in [0.05, 0.1) is 18.6 Å². The van der Waals surface area contributed by atoms with Crippen LogP contribution in [0.5, 0.6) is 0 Å². The van der Waals surface area contributed by atoms with E-state index in [4.69, 9.17) is 14.7 Å². The molecule has 0 radical (unpaired) electrons. The minimum absolute atomic E-state index is 0.251. The molecule has 0 aliphatic carbocycles. The molecular weight excluding hydrogens is 406 g/mol. The lowest BCUT2D eigenvalue weighted by molar-refractivity contribution is 0.122. The van der Waals surface area contributed by atoms with E-state index < -0.39 is 0 Å². The number of morpholine rings is 1. The number of nitrogens with zero attached hydrogens (tertiary/aromatic N) is 5. The third-order valence-electron chi connectivity index (χ3n) is 5.54. The number of aromatic nitrogens is 3. The van der Waals surface area contributed by atoms with Gasteiger partial charge in [-0.3, -0.25) is 0 Å². The first-order chi connectivity index (χ1) is 15.5. The number of amides is 2. The highest BCUT2D eigenvalue weighted by Gasteiger charge is 2.23. The van der Waals surface area contributed by atoms with Crippen molar-refractivity contribution in [2.75, 3.05) is 57.7 Å². The van der Waals surface area contributed by atoms with Gasteiger partial charge < -0.3 is 29.7 Å². The zero-order valence-corrected chi connectivity index (χ0v) is 19.2. The Hall–Kier alpha value is -3.17. The Morgan fingerprint density at radius 2 is 1.88 bits per heavy atom. The Morgan fingerprint density at radius 3 is 2.50 bits per heavy atom. The fraction of sp³-hybridized carbons (Fsp3) is 0.435. The highest BCUT2D eigenvalue weighted by molar-refractivity contribution is 5.93. The summed E-state index contributed by atoms with van der Waals surface area (Å²) < 4.78 is 7.78. The molecule has 1 aliphatic rings. The Morgan fingerprint density at radius 1 is 1.16 bits per heavy atom. The van der Waals surface area contributed by atoms with Crippen molar-refractivity contribution >= 4 is 28.6 Å². The Bertz CT molecular complexity index is 1090. The summed E-state index contributed by atoms with van der Waals surface area (Å²) >= 11 is 0. The van der Waals surface area contributed by atoms with Crippen LogP contribution in [-0.2, 0) is 17.8 Å². The van der Waals surface area contributed by atoms with Crippen LogP contribution in [0.3, 0.4) is 0 Å². The lowest BCUT2D eigenvalue weighted by Crippen LogP contribution is -2.37. The van der Waals surface area contributed by atoms with E-state index in [1.165, 1.54) is 5.56 Å². The SMILES string of the molecule is CCn1cc(CN(C)C)c2c(N3CCOCC3)nc(-c3ccc(NC(=O)NC)cc3)nc21. The minimum atomic E-state index is -0.251. The Labute approximate surface area is 188 Å².